The highest BCUT2D eigenvalue weighted by Crippen LogP contribution is 2.19. The number of para-hydroxylation sites is 1. The molecule has 0 unspecified atom stereocenters. The Balaban J connectivity index is 1.73. The van der Waals surface area contributed by atoms with E-state index in [1.54, 1.807) is 19.2 Å². The Kier molecular flexibility index (Phi) is 4.70. The number of hydrogen-bond donors (Lipinski definition) is 1. The fraction of sp³-hybridized carbons (Fsp3) is 0.0526. The number of carbonyl (C=O) groups is 1. The second kappa shape index (κ2) is 7.09. The summed E-state index contributed by atoms with van der Waals surface area (Å²) in [6.45, 7) is 0. The summed E-state index contributed by atoms with van der Waals surface area (Å²) < 4.78 is 26.2. The number of pyridine rings is 1. The summed E-state index contributed by atoms with van der Waals surface area (Å²) in [4.78, 5) is 18.1. The molecule has 1 heterocycles. The van der Waals surface area contributed by atoms with Gasteiger partial charge in [0.25, 0.3) is 5.91 Å². The first-order chi connectivity index (χ1) is 12.0. The molecule has 0 radical (unpaired) electrons. The zero-order valence-electron chi connectivity index (χ0n) is 13.4. The van der Waals surface area contributed by atoms with E-state index >= 15 is 0 Å². The molecule has 0 spiro atoms. The predicted octanol–water partition coefficient (Wildman–Crippen LogP) is 4.38. The average Bonchev–Trinajstić information content (AvgIpc) is 2.65. The zero-order chi connectivity index (χ0) is 17.8. The van der Waals surface area contributed by atoms with Crippen LogP contribution in [0.5, 0.6) is 0 Å². The molecule has 0 saturated carbocycles. The van der Waals surface area contributed by atoms with Crippen LogP contribution in [0.15, 0.2) is 66.9 Å². The van der Waals surface area contributed by atoms with Gasteiger partial charge in [0.05, 0.1) is 11.9 Å². The molecule has 4 nitrogen and oxygen atoms in total. The molecule has 25 heavy (non-hydrogen) atoms. The van der Waals surface area contributed by atoms with Crippen molar-refractivity contribution in [3.8, 4) is 0 Å². The van der Waals surface area contributed by atoms with Gasteiger partial charge in [0.15, 0.2) is 11.6 Å². The number of rotatable bonds is 4. The minimum atomic E-state index is -0.936. The van der Waals surface area contributed by atoms with E-state index in [0.717, 1.165) is 17.8 Å². The van der Waals surface area contributed by atoms with Crippen LogP contribution in [0.4, 0.5) is 25.8 Å². The highest BCUT2D eigenvalue weighted by Gasteiger charge is 2.14. The normalized spacial score (nSPS) is 10.4. The summed E-state index contributed by atoms with van der Waals surface area (Å²) >= 11 is 0. The van der Waals surface area contributed by atoms with Gasteiger partial charge in [-0.3, -0.25) is 4.79 Å². The lowest BCUT2D eigenvalue weighted by molar-refractivity contribution is 0.0988. The Morgan fingerprint density at radius 2 is 1.68 bits per heavy atom. The van der Waals surface area contributed by atoms with Crippen LogP contribution >= 0.6 is 0 Å². The van der Waals surface area contributed by atoms with Gasteiger partial charge in [-0.25, -0.2) is 13.8 Å². The van der Waals surface area contributed by atoms with E-state index in [4.69, 9.17) is 0 Å². The number of aromatic nitrogens is 1. The summed E-state index contributed by atoms with van der Waals surface area (Å²) in [5.74, 6) is -2.09. The van der Waals surface area contributed by atoms with E-state index in [1.165, 1.54) is 17.2 Å². The molecule has 2 aromatic carbocycles. The molecule has 0 aliphatic heterocycles. The number of hydrogen-bond acceptors (Lipinski definition) is 3. The highest BCUT2D eigenvalue weighted by molar-refractivity contribution is 6.04. The van der Waals surface area contributed by atoms with E-state index < -0.39 is 11.6 Å². The number of benzene rings is 2. The van der Waals surface area contributed by atoms with Crippen molar-refractivity contribution >= 4 is 23.0 Å². The van der Waals surface area contributed by atoms with Crippen LogP contribution in [0.3, 0.4) is 0 Å². The van der Waals surface area contributed by atoms with Crippen molar-refractivity contribution in [3.63, 3.8) is 0 Å². The molecule has 1 N–H and O–H groups in total. The SMILES string of the molecule is CN(C(=O)c1ccc(Nc2ccc(F)c(F)c2)cn1)c1ccccc1. The predicted molar refractivity (Wildman–Crippen MR) is 93.1 cm³/mol. The molecule has 0 atom stereocenters. The molecule has 0 aliphatic rings. The lowest BCUT2D eigenvalue weighted by atomic mass is 10.2. The number of nitrogens with zero attached hydrogens (tertiary/aromatic N) is 2. The molecule has 0 fully saturated rings. The standard InChI is InChI=1S/C19H15F2N3O/c1-24(15-5-3-2-4-6-15)19(25)18-10-8-14(12-22-18)23-13-7-9-16(20)17(21)11-13/h2-12,23H,1H3. The molecule has 1 aromatic heterocycles. The quantitative estimate of drug-likeness (QED) is 0.767. The van der Waals surface area contributed by atoms with Crippen LogP contribution in [0.25, 0.3) is 0 Å². The summed E-state index contributed by atoms with van der Waals surface area (Å²) in [6.07, 6.45) is 1.47. The van der Waals surface area contributed by atoms with Gasteiger partial charge in [0, 0.05) is 24.5 Å². The number of carbonyl (C=O) groups excluding carboxylic acids is 1. The number of anilines is 3. The minimum Gasteiger partial charge on any atom is -0.354 e. The third kappa shape index (κ3) is 3.80. The second-order valence-electron chi connectivity index (χ2n) is 5.39. The summed E-state index contributed by atoms with van der Waals surface area (Å²) in [6, 6.07) is 16.0. The molecule has 0 saturated heterocycles. The molecule has 3 aromatic rings. The van der Waals surface area contributed by atoms with Crippen molar-refractivity contribution in [1.29, 1.82) is 0 Å². The van der Waals surface area contributed by atoms with E-state index in [2.05, 4.69) is 10.3 Å². The van der Waals surface area contributed by atoms with Crippen LogP contribution in [0.1, 0.15) is 10.5 Å². The molecule has 3 rings (SSSR count). The zero-order valence-corrected chi connectivity index (χ0v) is 13.4. The monoisotopic (exact) mass is 339 g/mol. The van der Waals surface area contributed by atoms with Gasteiger partial charge in [-0.2, -0.15) is 0 Å². The topological polar surface area (TPSA) is 45.2 Å². The van der Waals surface area contributed by atoms with Gasteiger partial charge in [-0.05, 0) is 36.4 Å². The van der Waals surface area contributed by atoms with Crippen molar-refractivity contribution in [3.05, 3.63) is 84.2 Å². The van der Waals surface area contributed by atoms with Crippen molar-refractivity contribution in [2.45, 2.75) is 0 Å². The summed E-state index contributed by atoms with van der Waals surface area (Å²) in [5.41, 5.74) is 1.99. The Bertz CT molecular complexity index is 883. The molecular weight excluding hydrogens is 324 g/mol. The fourth-order valence-corrected chi connectivity index (χ4v) is 2.28. The molecule has 1 amide bonds. The maximum Gasteiger partial charge on any atom is 0.276 e. The Hall–Kier alpha value is -3.28. The fourth-order valence-electron chi connectivity index (χ4n) is 2.28. The lowest BCUT2D eigenvalue weighted by Gasteiger charge is -2.16. The lowest BCUT2D eigenvalue weighted by Crippen LogP contribution is -2.26. The summed E-state index contributed by atoms with van der Waals surface area (Å²) in [7, 11) is 1.67. The van der Waals surface area contributed by atoms with E-state index in [1.807, 2.05) is 30.3 Å². The smallest absolute Gasteiger partial charge is 0.276 e. The van der Waals surface area contributed by atoms with Gasteiger partial charge in [-0.15, -0.1) is 0 Å². The van der Waals surface area contributed by atoms with Crippen molar-refractivity contribution in [2.24, 2.45) is 0 Å². The van der Waals surface area contributed by atoms with Crippen LogP contribution in [-0.4, -0.2) is 17.9 Å². The molecule has 0 bridgehead atoms. The second-order valence-corrected chi connectivity index (χ2v) is 5.39. The number of nitrogens with one attached hydrogen (secondary N) is 1. The van der Waals surface area contributed by atoms with Crippen LogP contribution in [-0.2, 0) is 0 Å². The summed E-state index contributed by atoms with van der Waals surface area (Å²) in [5, 5.41) is 2.90. The third-order valence-electron chi connectivity index (χ3n) is 3.64. The van der Waals surface area contributed by atoms with Gasteiger partial charge >= 0.3 is 0 Å². The van der Waals surface area contributed by atoms with Crippen LogP contribution in [0, 0.1) is 11.6 Å². The molecular formula is C19H15F2N3O. The molecule has 0 aliphatic carbocycles. The maximum atomic E-state index is 13.2. The Morgan fingerprint density at radius 1 is 0.960 bits per heavy atom. The minimum absolute atomic E-state index is 0.245. The largest absolute Gasteiger partial charge is 0.354 e. The van der Waals surface area contributed by atoms with Crippen molar-refractivity contribution in [1.82, 2.24) is 4.98 Å². The van der Waals surface area contributed by atoms with Crippen molar-refractivity contribution in [2.75, 3.05) is 17.3 Å². The van der Waals surface area contributed by atoms with E-state index in [-0.39, 0.29) is 11.6 Å². The van der Waals surface area contributed by atoms with E-state index in [0.29, 0.717) is 11.4 Å². The first-order valence-corrected chi connectivity index (χ1v) is 7.56. The highest BCUT2D eigenvalue weighted by atomic mass is 19.2. The third-order valence-corrected chi connectivity index (χ3v) is 3.64. The van der Waals surface area contributed by atoms with Gasteiger partial charge in [0.2, 0.25) is 0 Å². The Labute approximate surface area is 143 Å². The van der Waals surface area contributed by atoms with E-state index in [9.17, 15) is 13.6 Å². The van der Waals surface area contributed by atoms with Gasteiger partial charge in [0.1, 0.15) is 5.69 Å². The molecule has 6 heteroatoms. The average molecular weight is 339 g/mol. The maximum absolute atomic E-state index is 13.2. The van der Waals surface area contributed by atoms with Crippen LogP contribution in [0.2, 0.25) is 0 Å². The Morgan fingerprint density at radius 3 is 2.32 bits per heavy atom. The van der Waals surface area contributed by atoms with Gasteiger partial charge < -0.3 is 10.2 Å². The molecule has 126 valence electrons. The first kappa shape index (κ1) is 16.6. The van der Waals surface area contributed by atoms with Crippen LogP contribution < -0.4 is 10.2 Å². The number of halogens is 2. The first-order valence-electron chi connectivity index (χ1n) is 7.56. The number of amides is 1. The van der Waals surface area contributed by atoms with Crippen molar-refractivity contribution < 1.29 is 13.6 Å². The van der Waals surface area contributed by atoms with Gasteiger partial charge in [-0.1, -0.05) is 18.2 Å².